The van der Waals surface area contributed by atoms with Crippen LogP contribution in [-0.2, 0) is 11.3 Å². The number of furan rings is 1. The highest BCUT2D eigenvalue weighted by molar-refractivity contribution is 7.14. The summed E-state index contributed by atoms with van der Waals surface area (Å²) in [7, 11) is 0. The lowest BCUT2D eigenvalue weighted by Gasteiger charge is -2.19. The molecule has 0 saturated heterocycles. The molecular weight excluding hydrogens is 374 g/mol. The normalized spacial score (nSPS) is 10.6. The maximum Gasteiger partial charge on any atom is 0.220 e. The number of benzene rings is 1. The van der Waals surface area contributed by atoms with Gasteiger partial charge in [0.25, 0.3) is 0 Å². The zero-order chi connectivity index (χ0) is 19.9. The number of hydrogen-bond acceptors (Lipinski definition) is 5. The third-order valence-electron chi connectivity index (χ3n) is 4.07. The molecule has 0 unspecified atom stereocenters. The van der Waals surface area contributed by atoms with Gasteiger partial charge in [-0.15, -0.1) is 11.3 Å². The van der Waals surface area contributed by atoms with E-state index < -0.39 is 0 Å². The second kappa shape index (κ2) is 9.18. The molecule has 0 aliphatic heterocycles. The van der Waals surface area contributed by atoms with Crippen LogP contribution in [0.3, 0.4) is 0 Å². The Morgan fingerprint density at radius 1 is 1.29 bits per heavy atom. The molecule has 8 heteroatoms. The average molecular weight is 398 g/mol. The number of carbonyl (C=O) groups is 1. The van der Waals surface area contributed by atoms with Crippen LogP contribution in [0.25, 0.3) is 11.5 Å². The van der Waals surface area contributed by atoms with Crippen LogP contribution in [0.2, 0.25) is 0 Å². The smallest absolute Gasteiger partial charge is 0.220 e. The Bertz CT molecular complexity index is 935. The van der Waals surface area contributed by atoms with Crippen LogP contribution in [0.5, 0.6) is 0 Å². The van der Waals surface area contributed by atoms with E-state index >= 15 is 0 Å². The second-order valence-electron chi connectivity index (χ2n) is 6.22. The van der Waals surface area contributed by atoms with Gasteiger partial charge in [-0.3, -0.25) is 15.1 Å². The highest BCUT2D eigenvalue weighted by Gasteiger charge is 2.18. The Balaban J connectivity index is 1.71. The van der Waals surface area contributed by atoms with E-state index in [1.165, 1.54) is 11.3 Å². The molecule has 146 valence electrons. The monoisotopic (exact) mass is 397 g/mol. The molecule has 0 atom stereocenters. The molecule has 0 spiro atoms. The maximum absolute atomic E-state index is 11.7. The molecule has 2 heterocycles. The van der Waals surface area contributed by atoms with Crippen molar-refractivity contribution in [2.45, 2.75) is 32.7 Å². The molecule has 0 fully saturated rings. The molecule has 2 aromatic heterocycles. The van der Waals surface area contributed by atoms with E-state index in [1.54, 1.807) is 4.90 Å². The van der Waals surface area contributed by atoms with Gasteiger partial charge in [0.2, 0.25) is 5.91 Å². The molecule has 3 rings (SSSR count). The van der Waals surface area contributed by atoms with Gasteiger partial charge in [-0.1, -0.05) is 31.5 Å². The Hall–Kier alpha value is -3.13. The minimum absolute atomic E-state index is 0.0238. The minimum Gasteiger partial charge on any atom is -0.458 e. The summed E-state index contributed by atoms with van der Waals surface area (Å²) in [5.74, 6) is 1.19. The van der Waals surface area contributed by atoms with Crippen LogP contribution >= 0.6 is 11.3 Å². The second-order valence-corrected chi connectivity index (χ2v) is 7.05. The number of unbranched alkanes of at least 4 members (excludes halogenated alkanes) is 1. The van der Waals surface area contributed by atoms with Crippen LogP contribution < -0.4 is 16.0 Å². The van der Waals surface area contributed by atoms with Gasteiger partial charge in [0, 0.05) is 11.8 Å². The minimum atomic E-state index is -0.109. The number of anilines is 2. The third-order valence-corrected chi connectivity index (χ3v) is 4.90. The maximum atomic E-state index is 11.7. The summed E-state index contributed by atoms with van der Waals surface area (Å²) in [4.78, 5) is 17.9. The summed E-state index contributed by atoms with van der Waals surface area (Å²) in [6, 6.07) is 13.1. The topological polar surface area (TPSA) is 108 Å². The molecule has 0 radical (unpaired) electrons. The molecule has 0 bridgehead atoms. The number of nitrogens with zero attached hydrogens (tertiary/aromatic N) is 2. The average Bonchev–Trinajstić information content (AvgIpc) is 3.35. The van der Waals surface area contributed by atoms with E-state index in [0.717, 1.165) is 18.5 Å². The molecular formula is C20H23N5O2S. The quantitative estimate of drug-likeness (QED) is 0.389. The highest BCUT2D eigenvalue weighted by atomic mass is 32.1. The first-order chi connectivity index (χ1) is 13.6. The number of thiazole rings is 1. The number of aromatic nitrogens is 1. The molecule has 0 aliphatic rings. The standard InChI is InChI=1S/C20H23N5O2S/c1-2-3-9-18(26)23-12-15-10-11-17(27-15)16-13-28-20(24-16)25(19(21)22)14-7-5-4-6-8-14/h4-8,10-11,13H,2-3,9,12H2,1H3,(H3,21,22)(H,23,26). The Kier molecular flexibility index (Phi) is 6.44. The van der Waals surface area contributed by atoms with Gasteiger partial charge in [-0.05, 0) is 30.7 Å². The van der Waals surface area contributed by atoms with Crippen LogP contribution in [-0.4, -0.2) is 16.9 Å². The van der Waals surface area contributed by atoms with Crippen molar-refractivity contribution in [1.82, 2.24) is 10.3 Å². The SMILES string of the molecule is CCCCC(=O)NCc1ccc(-c2csc(N(C(=N)N)c3ccccc3)n2)o1. The lowest BCUT2D eigenvalue weighted by molar-refractivity contribution is -0.121. The van der Waals surface area contributed by atoms with Crippen molar-refractivity contribution in [3.05, 3.63) is 53.6 Å². The van der Waals surface area contributed by atoms with Crippen molar-refractivity contribution in [3.63, 3.8) is 0 Å². The van der Waals surface area contributed by atoms with Gasteiger partial charge in [-0.25, -0.2) is 4.98 Å². The lowest BCUT2D eigenvalue weighted by atomic mass is 10.2. The Labute approximate surface area is 167 Å². The Morgan fingerprint density at radius 2 is 2.07 bits per heavy atom. The molecule has 1 aromatic carbocycles. The summed E-state index contributed by atoms with van der Waals surface area (Å²) in [5.41, 5.74) is 7.19. The van der Waals surface area contributed by atoms with E-state index in [2.05, 4.69) is 17.2 Å². The number of amides is 1. The van der Waals surface area contributed by atoms with E-state index in [9.17, 15) is 4.79 Å². The number of carbonyl (C=O) groups excluding carboxylic acids is 1. The molecule has 7 nitrogen and oxygen atoms in total. The summed E-state index contributed by atoms with van der Waals surface area (Å²) >= 11 is 1.38. The van der Waals surface area contributed by atoms with Crippen molar-refractivity contribution in [3.8, 4) is 11.5 Å². The summed E-state index contributed by atoms with van der Waals surface area (Å²) in [6.45, 7) is 2.41. The molecule has 3 aromatic rings. The van der Waals surface area contributed by atoms with Crippen LogP contribution in [0.4, 0.5) is 10.8 Å². The fourth-order valence-corrected chi connectivity index (χ4v) is 3.48. The number of nitrogens with one attached hydrogen (secondary N) is 2. The van der Waals surface area contributed by atoms with Crippen LogP contribution in [0.15, 0.2) is 52.3 Å². The van der Waals surface area contributed by atoms with Crippen LogP contribution in [0, 0.1) is 5.41 Å². The summed E-state index contributed by atoms with van der Waals surface area (Å²) < 4.78 is 5.81. The number of para-hydroxylation sites is 1. The predicted molar refractivity (Wildman–Crippen MR) is 112 cm³/mol. The summed E-state index contributed by atoms with van der Waals surface area (Å²) in [6.07, 6.45) is 2.40. The predicted octanol–water partition coefficient (Wildman–Crippen LogP) is 4.24. The number of guanidine groups is 1. The van der Waals surface area contributed by atoms with Gasteiger partial charge in [0.05, 0.1) is 12.2 Å². The lowest BCUT2D eigenvalue weighted by Crippen LogP contribution is -2.32. The van der Waals surface area contributed by atoms with E-state index in [1.807, 2.05) is 47.8 Å². The van der Waals surface area contributed by atoms with Crippen molar-refractivity contribution >= 4 is 34.0 Å². The van der Waals surface area contributed by atoms with Gasteiger partial charge in [-0.2, -0.15) is 0 Å². The number of hydrogen-bond donors (Lipinski definition) is 3. The van der Waals surface area contributed by atoms with Crippen molar-refractivity contribution in [2.24, 2.45) is 5.73 Å². The third kappa shape index (κ3) is 4.77. The van der Waals surface area contributed by atoms with Crippen molar-refractivity contribution in [1.29, 1.82) is 5.41 Å². The van der Waals surface area contributed by atoms with E-state index in [4.69, 9.17) is 15.6 Å². The fraction of sp³-hybridized carbons (Fsp3) is 0.250. The van der Waals surface area contributed by atoms with Gasteiger partial charge in [0.15, 0.2) is 16.9 Å². The van der Waals surface area contributed by atoms with Gasteiger partial charge >= 0.3 is 0 Å². The molecule has 1 amide bonds. The van der Waals surface area contributed by atoms with E-state index in [0.29, 0.717) is 35.3 Å². The largest absolute Gasteiger partial charge is 0.458 e. The number of rotatable bonds is 8. The van der Waals surface area contributed by atoms with Crippen LogP contribution in [0.1, 0.15) is 31.9 Å². The molecule has 28 heavy (non-hydrogen) atoms. The zero-order valence-electron chi connectivity index (χ0n) is 15.6. The molecule has 4 N–H and O–H groups in total. The number of nitrogens with two attached hydrogens (primary N) is 1. The van der Waals surface area contributed by atoms with Crippen molar-refractivity contribution < 1.29 is 9.21 Å². The van der Waals surface area contributed by atoms with Gasteiger partial charge in [0.1, 0.15) is 11.5 Å². The van der Waals surface area contributed by atoms with Gasteiger partial charge < -0.3 is 15.5 Å². The first kappa shape index (κ1) is 19.6. The molecule has 0 saturated carbocycles. The Morgan fingerprint density at radius 3 is 2.79 bits per heavy atom. The summed E-state index contributed by atoms with van der Waals surface area (Å²) in [5, 5.41) is 13.2. The first-order valence-electron chi connectivity index (χ1n) is 9.09. The first-order valence-corrected chi connectivity index (χ1v) is 9.97. The zero-order valence-corrected chi connectivity index (χ0v) is 16.5. The molecule has 0 aliphatic carbocycles. The van der Waals surface area contributed by atoms with E-state index in [-0.39, 0.29) is 11.9 Å². The highest BCUT2D eigenvalue weighted by Crippen LogP contribution is 2.32. The fourth-order valence-electron chi connectivity index (χ4n) is 2.63. The van der Waals surface area contributed by atoms with Crippen molar-refractivity contribution in [2.75, 3.05) is 4.90 Å².